The Hall–Kier alpha value is -1.40. The van der Waals surface area contributed by atoms with Gasteiger partial charge in [-0.05, 0) is 51.6 Å². The van der Waals surface area contributed by atoms with Crippen molar-refractivity contribution in [2.45, 2.75) is 53.1 Å². The summed E-state index contributed by atoms with van der Waals surface area (Å²) in [7, 11) is 0. The minimum Gasteiger partial charge on any atom is -0.444 e. The van der Waals surface area contributed by atoms with Gasteiger partial charge in [0.2, 0.25) is 11.8 Å². The van der Waals surface area contributed by atoms with Crippen LogP contribution in [0.4, 0.5) is 0 Å². The zero-order valence-corrected chi connectivity index (χ0v) is 14.8. The molecule has 0 saturated carbocycles. The van der Waals surface area contributed by atoms with Gasteiger partial charge in [0.15, 0.2) is 0 Å². The van der Waals surface area contributed by atoms with E-state index in [9.17, 15) is 4.79 Å². The molecule has 1 aromatic rings. The van der Waals surface area contributed by atoms with Crippen LogP contribution in [0.2, 0.25) is 0 Å². The van der Waals surface area contributed by atoms with Crippen LogP contribution < -0.4 is 11.1 Å². The lowest BCUT2D eigenvalue weighted by molar-refractivity contribution is -0.123. The highest BCUT2D eigenvalue weighted by atomic mass is 16.4. The molecule has 1 amide bonds. The lowest BCUT2D eigenvalue weighted by Crippen LogP contribution is -2.46. The van der Waals surface area contributed by atoms with E-state index in [1.807, 2.05) is 27.7 Å². The molecular weight excluding hydrogens is 292 g/mol. The minimum absolute atomic E-state index is 0.0341. The van der Waals surface area contributed by atoms with E-state index in [1.165, 1.54) is 0 Å². The summed E-state index contributed by atoms with van der Waals surface area (Å²) < 4.78 is 5.65. The van der Waals surface area contributed by atoms with Crippen LogP contribution in [-0.4, -0.2) is 41.5 Å². The summed E-state index contributed by atoms with van der Waals surface area (Å²) in [5.41, 5.74) is 6.83. The van der Waals surface area contributed by atoms with E-state index < -0.39 is 6.04 Å². The van der Waals surface area contributed by atoms with Gasteiger partial charge in [-0.3, -0.25) is 9.69 Å². The molecule has 3 N–H and O–H groups in total. The molecule has 0 unspecified atom stereocenters. The molecule has 130 valence electrons. The number of rotatable bonds is 6. The van der Waals surface area contributed by atoms with Crippen molar-refractivity contribution in [3.63, 3.8) is 0 Å². The molecule has 1 aliphatic heterocycles. The second-order valence-corrected chi connectivity index (χ2v) is 6.98. The zero-order valence-electron chi connectivity index (χ0n) is 14.8. The van der Waals surface area contributed by atoms with Crippen LogP contribution in [0.5, 0.6) is 0 Å². The smallest absolute Gasteiger partial charge is 0.237 e. The minimum atomic E-state index is -0.411. The fourth-order valence-electron chi connectivity index (χ4n) is 2.81. The fraction of sp³-hybridized carbons (Fsp3) is 0.765. The quantitative estimate of drug-likeness (QED) is 0.831. The lowest BCUT2D eigenvalue weighted by atomic mass is 9.96. The predicted molar refractivity (Wildman–Crippen MR) is 89.8 cm³/mol. The predicted octanol–water partition coefficient (Wildman–Crippen LogP) is 1.60. The third-order valence-electron chi connectivity index (χ3n) is 4.72. The number of hydrogen-bond donors (Lipinski definition) is 2. The first-order chi connectivity index (χ1) is 10.9. The summed E-state index contributed by atoms with van der Waals surface area (Å²) in [4.78, 5) is 18.7. The van der Waals surface area contributed by atoms with Crippen molar-refractivity contribution < 1.29 is 9.21 Å². The Morgan fingerprint density at radius 3 is 2.57 bits per heavy atom. The molecule has 1 saturated heterocycles. The normalized spacial score (nSPS) is 18.3. The second-order valence-electron chi connectivity index (χ2n) is 6.98. The van der Waals surface area contributed by atoms with Crippen molar-refractivity contribution in [1.82, 2.24) is 15.2 Å². The van der Waals surface area contributed by atoms with Crippen LogP contribution in [-0.2, 0) is 11.3 Å². The van der Waals surface area contributed by atoms with E-state index >= 15 is 0 Å². The van der Waals surface area contributed by atoms with Crippen molar-refractivity contribution in [2.75, 3.05) is 19.6 Å². The molecule has 6 nitrogen and oxygen atoms in total. The Morgan fingerprint density at radius 1 is 1.39 bits per heavy atom. The summed E-state index contributed by atoms with van der Waals surface area (Å²) in [5.74, 6) is 2.37. The molecule has 0 radical (unpaired) electrons. The Kier molecular flexibility index (Phi) is 6.18. The molecule has 0 aromatic carbocycles. The highest BCUT2D eigenvalue weighted by molar-refractivity contribution is 5.81. The van der Waals surface area contributed by atoms with Crippen LogP contribution >= 0.6 is 0 Å². The van der Waals surface area contributed by atoms with Crippen molar-refractivity contribution in [3.8, 4) is 0 Å². The van der Waals surface area contributed by atoms with E-state index in [4.69, 9.17) is 10.2 Å². The van der Waals surface area contributed by atoms with Gasteiger partial charge in [0.05, 0.1) is 18.3 Å². The van der Waals surface area contributed by atoms with Gasteiger partial charge >= 0.3 is 0 Å². The maximum atomic E-state index is 11.9. The molecule has 0 bridgehead atoms. The largest absolute Gasteiger partial charge is 0.444 e. The number of aromatic nitrogens is 1. The number of piperidine rings is 1. The molecule has 23 heavy (non-hydrogen) atoms. The van der Waals surface area contributed by atoms with Gasteiger partial charge in [-0.15, -0.1) is 0 Å². The van der Waals surface area contributed by atoms with Crippen molar-refractivity contribution in [2.24, 2.45) is 17.6 Å². The molecular formula is C17H30N4O2. The number of hydrogen-bond acceptors (Lipinski definition) is 5. The third kappa shape index (κ3) is 5.04. The van der Waals surface area contributed by atoms with Crippen molar-refractivity contribution >= 4 is 5.91 Å². The molecule has 1 fully saturated rings. The average Bonchev–Trinajstić information content (AvgIpc) is 2.83. The van der Waals surface area contributed by atoms with Gasteiger partial charge in [0.25, 0.3) is 0 Å². The van der Waals surface area contributed by atoms with E-state index in [1.54, 1.807) is 0 Å². The van der Waals surface area contributed by atoms with Crippen LogP contribution in [0.25, 0.3) is 0 Å². The van der Waals surface area contributed by atoms with Gasteiger partial charge in [0.1, 0.15) is 5.76 Å². The first-order valence-electron chi connectivity index (χ1n) is 8.55. The summed E-state index contributed by atoms with van der Waals surface area (Å²) >= 11 is 0. The number of nitrogens with two attached hydrogens (primary N) is 1. The van der Waals surface area contributed by atoms with Crippen LogP contribution in [0.3, 0.4) is 0 Å². The van der Waals surface area contributed by atoms with Crippen LogP contribution in [0, 0.1) is 25.7 Å². The number of likely N-dealkylation sites (tertiary alicyclic amines) is 1. The van der Waals surface area contributed by atoms with E-state index in [2.05, 4.69) is 15.2 Å². The fourth-order valence-corrected chi connectivity index (χ4v) is 2.81. The Labute approximate surface area is 138 Å². The van der Waals surface area contributed by atoms with Crippen molar-refractivity contribution in [1.29, 1.82) is 0 Å². The zero-order chi connectivity index (χ0) is 17.0. The first-order valence-corrected chi connectivity index (χ1v) is 8.55. The summed E-state index contributed by atoms with van der Waals surface area (Å²) in [6.07, 6.45) is 2.16. The molecule has 1 aromatic heterocycles. The van der Waals surface area contributed by atoms with E-state index in [-0.39, 0.29) is 11.8 Å². The topological polar surface area (TPSA) is 84.4 Å². The lowest BCUT2D eigenvalue weighted by Gasteiger charge is -2.31. The average molecular weight is 322 g/mol. The number of aryl methyl sites for hydroxylation is 2. The Balaban J connectivity index is 1.70. The molecule has 6 heteroatoms. The summed E-state index contributed by atoms with van der Waals surface area (Å²) in [6.45, 7) is 11.4. The molecule has 2 rings (SSSR count). The van der Waals surface area contributed by atoms with E-state index in [0.29, 0.717) is 5.92 Å². The molecule has 1 aliphatic rings. The maximum Gasteiger partial charge on any atom is 0.237 e. The highest BCUT2D eigenvalue weighted by Crippen LogP contribution is 2.19. The Morgan fingerprint density at radius 2 is 2.04 bits per heavy atom. The van der Waals surface area contributed by atoms with E-state index in [0.717, 1.165) is 56.4 Å². The summed E-state index contributed by atoms with van der Waals surface area (Å²) in [6, 6.07) is -0.411. The number of carbonyl (C=O) groups is 1. The number of oxazole rings is 1. The molecule has 0 spiro atoms. The number of nitrogens with one attached hydrogen (secondary N) is 1. The van der Waals surface area contributed by atoms with Gasteiger partial charge in [0, 0.05) is 6.54 Å². The van der Waals surface area contributed by atoms with Gasteiger partial charge in [-0.1, -0.05) is 13.8 Å². The van der Waals surface area contributed by atoms with Crippen LogP contribution in [0.15, 0.2) is 4.42 Å². The number of amides is 1. The van der Waals surface area contributed by atoms with Crippen molar-refractivity contribution in [3.05, 3.63) is 17.3 Å². The monoisotopic (exact) mass is 322 g/mol. The maximum absolute atomic E-state index is 11.9. The number of carbonyl (C=O) groups excluding carboxylic acids is 1. The second kappa shape index (κ2) is 7.93. The highest BCUT2D eigenvalue weighted by Gasteiger charge is 2.23. The summed E-state index contributed by atoms with van der Waals surface area (Å²) in [5, 5.41) is 3.00. The standard InChI is InChI=1S/C17H30N4O2/c1-11(2)16(18)17(22)19-9-14-5-7-21(8-6-14)10-15-20-12(3)13(4)23-15/h11,14,16H,5-10,18H2,1-4H3,(H,19,22)/t16-/m0/s1. The molecule has 0 aliphatic carbocycles. The Bertz CT molecular complexity index is 499. The van der Waals surface area contributed by atoms with Gasteiger partial charge < -0.3 is 15.5 Å². The first kappa shape index (κ1) is 17.9. The molecule has 2 heterocycles. The third-order valence-corrected chi connectivity index (χ3v) is 4.72. The van der Waals surface area contributed by atoms with Gasteiger partial charge in [-0.2, -0.15) is 0 Å². The SMILES string of the molecule is Cc1nc(CN2CCC(CNC(=O)[C@@H](N)C(C)C)CC2)oc1C. The van der Waals surface area contributed by atoms with Crippen LogP contribution in [0.1, 0.15) is 44.0 Å². The number of nitrogens with zero attached hydrogens (tertiary/aromatic N) is 2. The molecule has 1 atom stereocenters. The van der Waals surface area contributed by atoms with Gasteiger partial charge in [-0.25, -0.2) is 4.98 Å².